The fourth-order valence-corrected chi connectivity index (χ4v) is 5.74. The van der Waals surface area contributed by atoms with Gasteiger partial charge in [0, 0.05) is 33.6 Å². The van der Waals surface area contributed by atoms with Crippen molar-refractivity contribution in [3.8, 4) is 0 Å². The van der Waals surface area contributed by atoms with Crippen LogP contribution in [-0.2, 0) is 11.2 Å². The fraction of sp³-hybridized carbons (Fsp3) is 0.160. The average Bonchev–Trinajstić information content (AvgIpc) is 3.11. The molecule has 1 saturated carbocycles. The summed E-state index contributed by atoms with van der Waals surface area (Å²) in [6.07, 6.45) is 1.45. The number of amides is 1. The van der Waals surface area contributed by atoms with E-state index in [0.717, 1.165) is 5.56 Å². The number of oxazole rings is 1. The highest BCUT2D eigenvalue weighted by Gasteiger charge is 2.67. The van der Waals surface area contributed by atoms with Crippen LogP contribution in [0.5, 0.6) is 0 Å². The molecule has 1 aliphatic rings. The van der Waals surface area contributed by atoms with E-state index in [1.54, 1.807) is 48.5 Å². The highest BCUT2D eigenvalue weighted by atomic mass is 35.5. The van der Waals surface area contributed by atoms with Crippen LogP contribution in [0.4, 0.5) is 5.69 Å². The Morgan fingerprint density at radius 2 is 1.71 bits per heavy atom. The first-order valence-corrected chi connectivity index (χ1v) is 12.3. The summed E-state index contributed by atoms with van der Waals surface area (Å²) < 4.78 is 3.98. The first kappa shape index (κ1) is 24.4. The number of aromatic nitrogens is 1. The highest BCUT2D eigenvalue weighted by molar-refractivity contribution is 6.53. The van der Waals surface area contributed by atoms with Crippen LogP contribution in [0.15, 0.2) is 65.4 Å². The molecule has 1 fully saturated rings. The van der Waals surface area contributed by atoms with Crippen LogP contribution >= 0.6 is 58.0 Å². The number of fused-ring (bicyclic) bond motifs is 1. The van der Waals surface area contributed by atoms with E-state index in [1.807, 2.05) is 0 Å². The fourth-order valence-electron chi connectivity index (χ4n) is 4.15. The summed E-state index contributed by atoms with van der Waals surface area (Å²) in [7, 11) is 0. The smallest absolute Gasteiger partial charge is 0.231 e. The number of carbonyl (C=O) groups is 2. The minimum Gasteiger partial charge on any atom is -0.443 e. The molecular formula is C25H15Cl5N2O3. The van der Waals surface area contributed by atoms with Crippen molar-refractivity contribution in [2.24, 2.45) is 5.92 Å². The van der Waals surface area contributed by atoms with Crippen LogP contribution in [0.25, 0.3) is 11.1 Å². The van der Waals surface area contributed by atoms with E-state index >= 15 is 0 Å². The lowest BCUT2D eigenvalue weighted by atomic mass is 10.0. The summed E-state index contributed by atoms with van der Waals surface area (Å²) in [6, 6.07) is 15.0. The molecule has 35 heavy (non-hydrogen) atoms. The topological polar surface area (TPSA) is 72.2 Å². The molecule has 0 bridgehead atoms. The number of Topliss-reactive ketones (excluding diaryl/α,β-unsaturated/α-hetero) is 1. The van der Waals surface area contributed by atoms with E-state index in [0.29, 0.717) is 32.4 Å². The van der Waals surface area contributed by atoms with Gasteiger partial charge in [0.25, 0.3) is 0 Å². The lowest BCUT2D eigenvalue weighted by Gasteiger charge is -2.09. The van der Waals surface area contributed by atoms with Gasteiger partial charge in [0.2, 0.25) is 5.91 Å². The zero-order chi connectivity index (χ0) is 24.9. The zero-order valence-corrected chi connectivity index (χ0v) is 21.5. The maximum absolute atomic E-state index is 13.0. The number of nitrogens with one attached hydrogen (secondary N) is 1. The van der Waals surface area contributed by atoms with Gasteiger partial charge in [-0.3, -0.25) is 9.59 Å². The van der Waals surface area contributed by atoms with Gasteiger partial charge in [-0.05, 0) is 59.7 Å². The van der Waals surface area contributed by atoms with Gasteiger partial charge in [-0.2, -0.15) is 0 Å². The van der Waals surface area contributed by atoms with Gasteiger partial charge in [0.1, 0.15) is 9.85 Å². The molecule has 5 nitrogen and oxygen atoms in total. The number of alkyl halides is 2. The Morgan fingerprint density at radius 3 is 2.46 bits per heavy atom. The van der Waals surface area contributed by atoms with Crippen molar-refractivity contribution < 1.29 is 14.0 Å². The van der Waals surface area contributed by atoms with Gasteiger partial charge in [0.05, 0.1) is 10.9 Å². The quantitative estimate of drug-likeness (QED) is 0.191. The van der Waals surface area contributed by atoms with Crippen molar-refractivity contribution in [3.63, 3.8) is 0 Å². The normalized spacial score (nSPS) is 18.4. The number of anilines is 1. The zero-order valence-electron chi connectivity index (χ0n) is 17.7. The van der Waals surface area contributed by atoms with Crippen molar-refractivity contribution in [2.75, 3.05) is 5.32 Å². The Morgan fingerprint density at radius 1 is 0.971 bits per heavy atom. The van der Waals surface area contributed by atoms with E-state index in [2.05, 4.69) is 10.3 Å². The summed E-state index contributed by atoms with van der Waals surface area (Å²) in [5, 5.41) is 3.91. The van der Waals surface area contributed by atoms with Gasteiger partial charge in [0.15, 0.2) is 17.8 Å². The predicted molar refractivity (Wildman–Crippen MR) is 139 cm³/mol. The lowest BCUT2D eigenvalue weighted by Crippen LogP contribution is -2.17. The van der Waals surface area contributed by atoms with Crippen LogP contribution < -0.4 is 5.32 Å². The van der Waals surface area contributed by atoms with Crippen LogP contribution in [-0.4, -0.2) is 21.0 Å². The summed E-state index contributed by atoms with van der Waals surface area (Å²) in [5.41, 5.74) is 3.39. The van der Waals surface area contributed by atoms with Gasteiger partial charge in [-0.1, -0.05) is 40.9 Å². The van der Waals surface area contributed by atoms with Crippen molar-refractivity contribution in [1.29, 1.82) is 0 Å². The van der Waals surface area contributed by atoms with Crippen LogP contribution in [0.1, 0.15) is 27.4 Å². The monoisotopic (exact) mass is 566 g/mol. The molecule has 1 aromatic heterocycles. The molecule has 10 heteroatoms. The number of halogens is 5. The predicted octanol–water partition coefficient (Wildman–Crippen LogP) is 7.74. The van der Waals surface area contributed by atoms with Crippen molar-refractivity contribution in [3.05, 3.63) is 92.7 Å². The Balaban J connectivity index is 1.33. The molecule has 2 atom stereocenters. The molecule has 3 aromatic carbocycles. The van der Waals surface area contributed by atoms with E-state index in [-0.39, 0.29) is 22.8 Å². The third-order valence-electron chi connectivity index (χ3n) is 5.87. The first-order chi connectivity index (χ1) is 16.6. The van der Waals surface area contributed by atoms with Gasteiger partial charge >= 0.3 is 0 Å². The van der Waals surface area contributed by atoms with Crippen molar-refractivity contribution in [1.82, 2.24) is 4.98 Å². The van der Waals surface area contributed by atoms with Gasteiger partial charge in [-0.15, -0.1) is 23.2 Å². The maximum Gasteiger partial charge on any atom is 0.231 e. The molecule has 4 aromatic rings. The summed E-state index contributed by atoms with van der Waals surface area (Å²) in [4.78, 5) is 30.1. The third-order valence-corrected chi connectivity index (χ3v) is 7.58. The van der Waals surface area contributed by atoms with E-state index in [9.17, 15) is 9.59 Å². The second kappa shape index (κ2) is 9.30. The van der Waals surface area contributed by atoms with E-state index < -0.39 is 22.1 Å². The number of benzene rings is 3. The molecular weight excluding hydrogens is 554 g/mol. The largest absolute Gasteiger partial charge is 0.443 e. The molecule has 1 aliphatic carbocycles. The molecule has 0 spiro atoms. The molecule has 5 rings (SSSR count). The highest BCUT2D eigenvalue weighted by Crippen LogP contribution is 2.65. The minimum atomic E-state index is -1.32. The maximum atomic E-state index is 13.0. The molecule has 0 saturated heterocycles. The molecule has 178 valence electrons. The molecule has 1 amide bonds. The van der Waals surface area contributed by atoms with E-state index in [4.69, 9.17) is 62.4 Å². The Hall–Kier alpha value is -2.28. The molecule has 0 aliphatic heterocycles. The standard InChI is InChI=1S/C25H15Cl5N2O3/c26-14-7-13(8-15(27)9-14)22-23(25(22,29)30)24(34)32-16-2-3-18(28)17(10-16)20(33)5-12-1-4-19-21(6-12)35-11-31-19/h1-4,6-11,22-23H,5H2,(H,32,34). The molecule has 2 unspecified atom stereocenters. The molecule has 1 N–H and O–H groups in total. The van der Waals surface area contributed by atoms with E-state index in [1.165, 1.54) is 12.5 Å². The SMILES string of the molecule is O=C(Cc1ccc2ncoc2c1)c1cc(NC(=O)C2C(c3cc(Cl)cc(Cl)c3)C2(Cl)Cl)ccc1Cl. The van der Waals surface area contributed by atoms with Gasteiger partial charge < -0.3 is 9.73 Å². The molecule has 0 radical (unpaired) electrons. The van der Waals surface area contributed by atoms with Crippen LogP contribution in [0, 0.1) is 5.92 Å². The van der Waals surface area contributed by atoms with Crippen molar-refractivity contribution >= 4 is 86.5 Å². The van der Waals surface area contributed by atoms with Crippen LogP contribution in [0.2, 0.25) is 15.1 Å². The number of hydrogen-bond donors (Lipinski definition) is 1. The number of carbonyl (C=O) groups excluding carboxylic acids is 2. The van der Waals surface area contributed by atoms with Crippen LogP contribution in [0.3, 0.4) is 0 Å². The summed E-state index contributed by atoms with van der Waals surface area (Å²) in [5.74, 6) is -1.83. The van der Waals surface area contributed by atoms with Crippen molar-refractivity contribution in [2.45, 2.75) is 16.7 Å². The lowest BCUT2D eigenvalue weighted by molar-refractivity contribution is -0.117. The first-order valence-electron chi connectivity index (χ1n) is 10.4. The Bertz CT molecular complexity index is 1460. The molecule has 1 heterocycles. The second-order valence-corrected chi connectivity index (χ2v) is 11.0. The number of hydrogen-bond acceptors (Lipinski definition) is 4. The second-order valence-electron chi connectivity index (χ2n) is 8.27. The Labute approximate surface area is 225 Å². The number of rotatable bonds is 6. The Kier molecular flexibility index (Phi) is 6.49. The third kappa shape index (κ3) is 4.89. The van der Waals surface area contributed by atoms with Gasteiger partial charge in [-0.25, -0.2) is 4.98 Å². The number of ketones is 1. The summed E-state index contributed by atoms with van der Waals surface area (Å²) >= 11 is 31.3. The summed E-state index contributed by atoms with van der Waals surface area (Å²) in [6.45, 7) is 0. The number of nitrogens with zero attached hydrogens (tertiary/aromatic N) is 1. The average molecular weight is 569 g/mol. The minimum absolute atomic E-state index is 0.0977.